The van der Waals surface area contributed by atoms with Gasteiger partial charge in [-0.1, -0.05) is 18.6 Å². The maximum atomic E-state index is 12.3. The van der Waals surface area contributed by atoms with Gasteiger partial charge in [-0.2, -0.15) is 0 Å². The lowest BCUT2D eigenvalue weighted by Gasteiger charge is -2.04. The Morgan fingerprint density at radius 3 is 2.50 bits per heavy atom. The van der Waals surface area contributed by atoms with Crippen molar-refractivity contribution in [1.29, 1.82) is 0 Å². The topological polar surface area (TPSA) is 0 Å². The molecule has 0 aromatic rings. The predicted octanol–water partition coefficient (Wildman–Crippen LogP) is 3.04. The van der Waals surface area contributed by atoms with Crippen LogP contribution in [0, 0.1) is 0 Å². The van der Waals surface area contributed by atoms with Crippen LogP contribution in [0.5, 0.6) is 0 Å². The van der Waals surface area contributed by atoms with Gasteiger partial charge in [-0.3, -0.25) is 0 Å². The largest absolute Gasteiger partial charge is 0.248 e. The van der Waals surface area contributed by atoms with Crippen molar-refractivity contribution in [2.45, 2.75) is 32.9 Å². The molecule has 1 atom stereocenters. The van der Waals surface area contributed by atoms with E-state index < -0.39 is 12.8 Å². The summed E-state index contributed by atoms with van der Waals surface area (Å²) >= 11 is 0. The molecule has 0 N–H and O–H groups in total. The highest BCUT2D eigenvalue weighted by Gasteiger charge is 2.06. The summed E-state index contributed by atoms with van der Waals surface area (Å²) in [6.45, 7) is 2.93. The third kappa shape index (κ3) is 3.59. The normalized spacial score (nSPS) is 15.4. The molecule has 0 bridgehead atoms. The Bertz CT molecular complexity index is 108. The van der Waals surface area contributed by atoms with Gasteiger partial charge in [0.15, 0.2) is 0 Å². The average molecular weight is 148 g/mol. The van der Waals surface area contributed by atoms with E-state index in [4.69, 9.17) is 0 Å². The van der Waals surface area contributed by atoms with E-state index in [0.717, 1.165) is 12.0 Å². The number of rotatable bonds is 4. The zero-order chi connectivity index (χ0) is 7.98. The van der Waals surface area contributed by atoms with E-state index in [1.54, 1.807) is 0 Å². The van der Waals surface area contributed by atoms with Crippen molar-refractivity contribution in [2.24, 2.45) is 0 Å². The lowest BCUT2D eigenvalue weighted by molar-refractivity contribution is 0.258. The second kappa shape index (κ2) is 5.39. The third-order valence-electron chi connectivity index (χ3n) is 1.51. The van der Waals surface area contributed by atoms with Crippen molar-refractivity contribution >= 4 is 0 Å². The van der Waals surface area contributed by atoms with E-state index in [0.29, 0.717) is 0 Å². The van der Waals surface area contributed by atoms with E-state index >= 15 is 0 Å². The molecule has 0 saturated heterocycles. The van der Waals surface area contributed by atoms with Gasteiger partial charge in [0.1, 0.15) is 12.8 Å². The first-order chi connectivity index (χ1) is 4.74. The number of halogens is 2. The van der Waals surface area contributed by atoms with Crippen LogP contribution in [0.25, 0.3) is 0 Å². The lowest BCUT2D eigenvalue weighted by atomic mass is 10.1. The molecule has 0 aliphatic heterocycles. The fraction of sp³-hybridized carbons (Fsp3) is 0.750. The summed E-state index contributed by atoms with van der Waals surface area (Å²) in [5.41, 5.74) is 0.991. The molecule has 0 fully saturated rings. The molecule has 2 heteroatoms. The second-order valence-corrected chi connectivity index (χ2v) is 2.26. The van der Waals surface area contributed by atoms with Crippen LogP contribution in [0.3, 0.4) is 0 Å². The number of hydrogen-bond acceptors (Lipinski definition) is 0. The molecule has 0 aromatic heterocycles. The summed E-state index contributed by atoms with van der Waals surface area (Å²) in [7, 11) is 0. The molecular weight excluding hydrogens is 134 g/mol. The van der Waals surface area contributed by atoms with Gasteiger partial charge in [0.05, 0.1) is 0 Å². The molecule has 0 rings (SSSR count). The van der Waals surface area contributed by atoms with Crippen LogP contribution in [0.1, 0.15) is 26.7 Å². The summed E-state index contributed by atoms with van der Waals surface area (Å²) in [5, 5.41) is 0. The van der Waals surface area contributed by atoms with Gasteiger partial charge < -0.3 is 0 Å². The zero-order valence-electron chi connectivity index (χ0n) is 6.53. The van der Waals surface area contributed by atoms with Gasteiger partial charge in [-0.25, -0.2) is 8.78 Å². The summed E-state index contributed by atoms with van der Waals surface area (Å²) in [4.78, 5) is 0. The summed E-state index contributed by atoms with van der Waals surface area (Å²) in [6.07, 6.45) is 1.62. The van der Waals surface area contributed by atoms with Gasteiger partial charge >= 0.3 is 0 Å². The molecule has 60 valence electrons. The van der Waals surface area contributed by atoms with Gasteiger partial charge in [-0.15, -0.1) is 0 Å². The van der Waals surface area contributed by atoms with E-state index in [2.05, 4.69) is 0 Å². The average Bonchev–Trinajstić information content (AvgIpc) is 1.99. The minimum absolute atomic E-state index is 0.253. The lowest BCUT2D eigenvalue weighted by Crippen LogP contribution is -2.03. The smallest absolute Gasteiger partial charge is 0.132 e. The Labute approximate surface area is 60.9 Å². The fourth-order valence-corrected chi connectivity index (χ4v) is 0.805. The predicted molar refractivity (Wildman–Crippen MR) is 39.5 cm³/mol. The maximum Gasteiger partial charge on any atom is 0.132 e. The minimum atomic E-state index is -1.30. The van der Waals surface area contributed by atoms with E-state index in [9.17, 15) is 8.78 Å². The molecule has 10 heavy (non-hydrogen) atoms. The highest BCUT2D eigenvalue weighted by atomic mass is 19.2. The SMILES string of the molecule is C/C=C(/CC)CC(F)CF. The number of allylic oxidation sites excluding steroid dienone is 2. The van der Waals surface area contributed by atoms with Crippen LogP contribution < -0.4 is 0 Å². The standard InChI is InChI=1S/C8H14F2/c1-3-7(4-2)5-8(10)6-9/h3,8H,4-6H2,1-2H3/b7-3-. The maximum absolute atomic E-state index is 12.3. The Morgan fingerprint density at radius 2 is 2.20 bits per heavy atom. The van der Waals surface area contributed by atoms with Crippen molar-refractivity contribution in [3.8, 4) is 0 Å². The molecule has 1 unspecified atom stereocenters. The summed E-state index contributed by atoms with van der Waals surface area (Å²) in [6, 6.07) is 0. The van der Waals surface area contributed by atoms with Gasteiger partial charge in [0.25, 0.3) is 0 Å². The highest BCUT2D eigenvalue weighted by Crippen LogP contribution is 2.11. The van der Waals surface area contributed by atoms with Crippen LogP contribution in [-0.4, -0.2) is 12.8 Å². The van der Waals surface area contributed by atoms with Gasteiger partial charge in [-0.05, 0) is 13.3 Å². The highest BCUT2D eigenvalue weighted by molar-refractivity contribution is 5.00. The first-order valence-corrected chi connectivity index (χ1v) is 3.58. The molecule has 0 aromatic carbocycles. The van der Waals surface area contributed by atoms with Crippen LogP contribution in [0.4, 0.5) is 8.78 Å². The molecule has 0 heterocycles. The Hall–Kier alpha value is -0.400. The van der Waals surface area contributed by atoms with Crippen LogP contribution in [0.15, 0.2) is 11.6 Å². The molecule has 0 nitrogen and oxygen atoms in total. The number of alkyl halides is 2. The minimum Gasteiger partial charge on any atom is -0.248 e. The Kier molecular flexibility index (Phi) is 5.17. The first-order valence-electron chi connectivity index (χ1n) is 3.58. The fourth-order valence-electron chi connectivity index (χ4n) is 0.805. The second-order valence-electron chi connectivity index (χ2n) is 2.26. The van der Waals surface area contributed by atoms with Crippen molar-refractivity contribution < 1.29 is 8.78 Å². The van der Waals surface area contributed by atoms with E-state index in [1.165, 1.54) is 0 Å². The Balaban J connectivity index is 3.64. The van der Waals surface area contributed by atoms with E-state index in [1.807, 2.05) is 19.9 Å². The summed E-state index contributed by atoms with van der Waals surface area (Å²) in [5.74, 6) is 0. The van der Waals surface area contributed by atoms with Crippen molar-refractivity contribution in [2.75, 3.05) is 6.67 Å². The Morgan fingerprint density at radius 1 is 1.60 bits per heavy atom. The van der Waals surface area contributed by atoms with Gasteiger partial charge in [0, 0.05) is 6.42 Å². The number of hydrogen-bond donors (Lipinski definition) is 0. The molecule has 0 aliphatic rings. The zero-order valence-corrected chi connectivity index (χ0v) is 6.53. The van der Waals surface area contributed by atoms with Gasteiger partial charge in [0.2, 0.25) is 0 Å². The van der Waals surface area contributed by atoms with E-state index in [-0.39, 0.29) is 6.42 Å². The van der Waals surface area contributed by atoms with Crippen molar-refractivity contribution in [3.63, 3.8) is 0 Å². The molecule has 0 aliphatic carbocycles. The molecular formula is C8H14F2. The van der Waals surface area contributed by atoms with Crippen molar-refractivity contribution in [1.82, 2.24) is 0 Å². The van der Waals surface area contributed by atoms with Crippen LogP contribution in [0.2, 0.25) is 0 Å². The monoisotopic (exact) mass is 148 g/mol. The third-order valence-corrected chi connectivity index (χ3v) is 1.51. The molecule has 0 amide bonds. The first kappa shape index (κ1) is 9.60. The van der Waals surface area contributed by atoms with Crippen molar-refractivity contribution in [3.05, 3.63) is 11.6 Å². The molecule has 0 spiro atoms. The quantitative estimate of drug-likeness (QED) is 0.537. The van der Waals surface area contributed by atoms with Crippen LogP contribution >= 0.6 is 0 Å². The summed E-state index contributed by atoms with van der Waals surface area (Å²) < 4.78 is 24.0. The molecule has 0 saturated carbocycles. The van der Waals surface area contributed by atoms with Crippen LogP contribution in [-0.2, 0) is 0 Å². The molecule has 0 radical (unpaired) electrons.